The van der Waals surface area contributed by atoms with Crippen LogP contribution in [-0.4, -0.2) is 106 Å². The van der Waals surface area contributed by atoms with Crippen LogP contribution in [0, 0.1) is 10.8 Å². The topological polar surface area (TPSA) is 112 Å². The van der Waals surface area contributed by atoms with Crippen molar-refractivity contribution in [2.45, 2.75) is 164 Å². The highest BCUT2D eigenvalue weighted by atomic mass is 19.4. The molecule has 8 nitrogen and oxygen atoms in total. The van der Waals surface area contributed by atoms with Gasteiger partial charge in [-0.2, -0.15) is 96.6 Å². The summed E-state index contributed by atoms with van der Waals surface area (Å²) in [7, 11) is 0. The van der Waals surface area contributed by atoms with Crippen molar-refractivity contribution in [3.8, 4) is 0 Å². The zero-order chi connectivity index (χ0) is 48.6. The largest absolute Gasteiger partial charge is 0.452 e. The van der Waals surface area contributed by atoms with Crippen molar-refractivity contribution in [2.24, 2.45) is 10.8 Å². The van der Waals surface area contributed by atoms with E-state index in [1.807, 2.05) is 0 Å². The highest BCUT2D eigenvalue weighted by molar-refractivity contribution is 5.78. The first kappa shape index (κ1) is 55.3. The van der Waals surface area contributed by atoms with E-state index in [9.17, 15) is 116 Å². The zero-order valence-corrected chi connectivity index (χ0v) is 31.3. The van der Waals surface area contributed by atoms with Crippen molar-refractivity contribution in [1.29, 1.82) is 0 Å². The second-order valence-corrected chi connectivity index (χ2v) is 14.5. The molecule has 0 spiro atoms. The smallest absolute Gasteiger partial charge is 0.449 e. The Balaban J connectivity index is 0.000000601. The van der Waals surface area contributed by atoms with Crippen molar-refractivity contribution in [1.82, 2.24) is 0 Å². The van der Waals surface area contributed by atoms with E-state index in [0.717, 1.165) is 13.8 Å². The lowest BCUT2D eigenvalue weighted by Crippen LogP contribution is -2.79. The van der Waals surface area contributed by atoms with Gasteiger partial charge in [-0.3, -0.25) is 9.59 Å². The number of rotatable bonds is 7. The molecule has 0 saturated carbocycles. The highest BCUT2D eigenvalue weighted by Crippen LogP contribution is 2.62. The summed E-state index contributed by atoms with van der Waals surface area (Å²) in [6, 6.07) is 0. The Kier molecular flexibility index (Phi) is 14.3. The number of halogens is 22. The summed E-state index contributed by atoms with van der Waals surface area (Å²) in [5, 5.41) is 19.0. The summed E-state index contributed by atoms with van der Waals surface area (Å²) in [4.78, 5) is 24.1. The van der Waals surface area contributed by atoms with Crippen LogP contribution in [0.25, 0.3) is 0 Å². The predicted molar refractivity (Wildman–Crippen MR) is 150 cm³/mol. The molecule has 0 aromatic carbocycles. The van der Waals surface area contributed by atoms with Gasteiger partial charge in [-0.05, 0) is 47.0 Å². The number of aliphatic hydroxyl groups is 2. The maximum atomic E-state index is 14.8. The van der Waals surface area contributed by atoms with E-state index in [1.165, 1.54) is 0 Å². The first-order chi connectivity index (χ1) is 25.9. The second kappa shape index (κ2) is 15.5. The Morgan fingerprint density at radius 1 is 0.600 bits per heavy atom. The summed E-state index contributed by atoms with van der Waals surface area (Å²) in [6.07, 6.45) is -47.4. The molecule has 356 valence electrons. The Morgan fingerprint density at radius 2 is 0.933 bits per heavy atom. The van der Waals surface area contributed by atoms with Crippen molar-refractivity contribution in [3.63, 3.8) is 0 Å². The summed E-state index contributed by atoms with van der Waals surface area (Å²) in [5.41, 5.74) is -19.5. The lowest BCUT2D eigenvalue weighted by atomic mass is 9.74. The van der Waals surface area contributed by atoms with Gasteiger partial charge < -0.3 is 29.2 Å². The Bertz CT molecular complexity index is 1570. The molecule has 2 heterocycles. The average molecular weight is 941 g/mol. The van der Waals surface area contributed by atoms with Crippen LogP contribution in [0.1, 0.15) is 80.6 Å². The van der Waals surface area contributed by atoms with E-state index in [4.69, 9.17) is 0 Å². The fourth-order valence-electron chi connectivity index (χ4n) is 5.54. The molecular weight excluding hydrogens is 906 g/mol. The molecule has 0 aromatic rings. The molecule has 2 N–H and O–H groups in total. The van der Waals surface area contributed by atoms with Gasteiger partial charge in [-0.15, -0.1) is 0 Å². The Labute approximate surface area is 322 Å². The number of hydrogen-bond donors (Lipinski definition) is 2. The Hall–Kier alpha value is -2.76. The van der Waals surface area contributed by atoms with E-state index in [0.29, 0.717) is 6.92 Å². The summed E-state index contributed by atoms with van der Waals surface area (Å²) < 4.78 is 311. The lowest BCUT2D eigenvalue weighted by Gasteiger charge is -2.56. The predicted octanol–water partition coefficient (Wildman–Crippen LogP) is 9.79. The van der Waals surface area contributed by atoms with Crippen molar-refractivity contribution in [2.75, 3.05) is 0 Å². The number of hydrogen-bond acceptors (Lipinski definition) is 8. The van der Waals surface area contributed by atoms with Crippen LogP contribution in [0.5, 0.6) is 0 Å². The van der Waals surface area contributed by atoms with Gasteiger partial charge in [-0.1, -0.05) is 20.8 Å². The standard InChI is InChI=1S/C16H19F11O4.C14H15F11O4/c1-5-9(3,14(19,20)21)8(28)30-10(4)7-11(6-2,15(22,23)24)31-13(29,12(10,17)18)16(25,26)27;1-4-8(2,13(20,21)22)7(26)29-9(3)5-6(10(15,16)17)28-12(27,11(9,18)19)14(23,24)25/h29H,5-7H2,1-4H3;6,27H,4-5H2,1-3H3. The van der Waals surface area contributed by atoms with Gasteiger partial charge in [0.1, 0.15) is 0 Å². The van der Waals surface area contributed by atoms with Crippen LogP contribution < -0.4 is 0 Å². The van der Waals surface area contributed by atoms with Crippen LogP contribution in [-0.2, 0) is 28.5 Å². The molecule has 0 aromatic heterocycles. The number of ether oxygens (including phenoxy) is 4. The minimum Gasteiger partial charge on any atom is -0.452 e. The third-order valence-electron chi connectivity index (χ3n) is 10.5. The van der Waals surface area contributed by atoms with Crippen LogP contribution in [0.2, 0.25) is 0 Å². The highest BCUT2D eigenvalue weighted by Gasteiger charge is 2.86. The van der Waals surface area contributed by atoms with Crippen molar-refractivity contribution >= 4 is 11.9 Å². The van der Waals surface area contributed by atoms with Crippen molar-refractivity contribution in [3.05, 3.63) is 0 Å². The van der Waals surface area contributed by atoms with Gasteiger partial charge in [0.25, 0.3) is 0 Å². The second-order valence-electron chi connectivity index (χ2n) is 14.5. The fraction of sp³-hybridized carbons (Fsp3) is 0.933. The number of alkyl halides is 22. The fourth-order valence-corrected chi connectivity index (χ4v) is 5.54. The number of carbonyl (C=O) groups excluding carboxylic acids is 2. The summed E-state index contributed by atoms with van der Waals surface area (Å²) in [5.74, 6) is -28.4. The van der Waals surface area contributed by atoms with Gasteiger partial charge in [-0.25, -0.2) is 0 Å². The zero-order valence-electron chi connectivity index (χ0n) is 31.3. The summed E-state index contributed by atoms with van der Waals surface area (Å²) >= 11 is 0. The molecule has 0 bridgehead atoms. The lowest BCUT2D eigenvalue weighted by molar-refractivity contribution is -0.517. The summed E-state index contributed by atoms with van der Waals surface area (Å²) in [6.45, 7) is 2.22. The maximum absolute atomic E-state index is 14.8. The van der Waals surface area contributed by atoms with Crippen LogP contribution in [0.15, 0.2) is 0 Å². The van der Waals surface area contributed by atoms with Gasteiger partial charge in [0.2, 0.25) is 0 Å². The molecule has 2 saturated heterocycles. The molecule has 8 unspecified atom stereocenters. The monoisotopic (exact) mass is 940 g/mol. The molecular formula is C30H34F22O8. The van der Waals surface area contributed by atoms with Gasteiger partial charge in [0.15, 0.2) is 33.7 Å². The molecule has 0 radical (unpaired) electrons. The van der Waals surface area contributed by atoms with Gasteiger partial charge in [0.05, 0.1) is 0 Å². The molecule has 0 amide bonds. The number of carbonyl (C=O) groups is 2. The van der Waals surface area contributed by atoms with E-state index in [-0.39, 0.29) is 27.7 Å². The molecule has 30 heteroatoms. The SMILES string of the molecule is CCC(C)(C(=O)OC1(C)CC(C(F)(F)F)OC(O)(C(F)(F)F)C1(F)F)C(F)(F)F.CCC1(C(F)(F)F)CC(C)(OC(=O)C(C)(CC)C(F)(F)F)C(F)(F)C(O)(C(F)(F)F)O1. The maximum Gasteiger partial charge on any atom is 0.449 e. The average Bonchev–Trinajstić information content (AvgIpc) is 3.02. The third-order valence-corrected chi connectivity index (χ3v) is 10.5. The number of esters is 2. The molecule has 2 rings (SSSR count). The minimum atomic E-state index is -6.56. The van der Waals surface area contributed by atoms with E-state index < -0.39 is 138 Å². The van der Waals surface area contributed by atoms with Gasteiger partial charge >= 0.3 is 72.4 Å². The van der Waals surface area contributed by atoms with E-state index in [1.54, 1.807) is 0 Å². The van der Waals surface area contributed by atoms with Crippen LogP contribution in [0.4, 0.5) is 96.6 Å². The first-order valence-electron chi connectivity index (χ1n) is 16.4. The third kappa shape index (κ3) is 8.63. The van der Waals surface area contributed by atoms with Crippen LogP contribution >= 0.6 is 0 Å². The Morgan fingerprint density at radius 3 is 1.20 bits per heavy atom. The molecule has 0 aliphatic carbocycles. The molecule has 60 heavy (non-hydrogen) atoms. The molecule has 2 aliphatic rings. The van der Waals surface area contributed by atoms with E-state index in [2.05, 4.69) is 18.9 Å². The minimum absolute atomic E-state index is 0.118. The molecule has 2 aliphatic heterocycles. The normalized spacial score (nSPS) is 33.7. The van der Waals surface area contributed by atoms with Gasteiger partial charge in [0, 0.05) is 12.8 Å². The first-order valence-corrected chi connectivity index (χ1v) is 16.4. The van der Waals surface area contributed by atoms with E-state index >= 15 is 0 Å². The van der Waals surface area contributed by atoms with Crippen molar-refractivity contribution < 1.29 is 135 Å². The van der Waals surface area contributed by atoms with Crippen LogP contribution in [0.3, 0.4) is 0 Å². The molecule has 2 fully saturated rings. The quantitative estimate of drug-likeness (QED) is 0.192. The molecule has 8 atom stereocenters.